The highest BCUT2D eigenvalue weighted by atomic mass is 16.6. The first-order valence-electron chi connectivity index (χ1n) is 12.0. The molecule has 0 aromatic heterocycles. The number of aliphatic hydroxyl groups is 1. The van der Waals surface area contributed by atoms with Crippen molar-refractivity contribution < 1.29 is 24.2 Å². The molecule has 0 aromatic rings. The number of hydrogen-bond donors (Lipinski definition) is 1. The van der Waals surface area contributed by atoms with Gasteiger partial charge in [-0.15, -0.1) is 0 Å². The van der Waals surface area contributed by atoms with Gasteiger partial charge in [0.05, 0.1) is 19.6 Å². The summed E-state index contributed by atoms with van der Waals surface area (Å²) in [6, 6.07) is 0. The van der Waals surface area contributed by atoms with E-state index in [9.17, 15) is 14.7 Å². The third kappa shape index (κ3) is 15.4. The van der Waals surface area contributed by atoms with Crippen LogP contribution in [-0.4, -0.2) is 36.4 Å². The number of aliphatic hydroxyl groups excluding tert-OH is 1. The number of carbonyl (C=O) groups excluding carboxylic acids is 2. The van der Waals surface area contributed by atoms with Crippen molar-refractivity contribution in [3.05, 3.63) is 0 Å². The molecular formula is C24H46O5. The highest BCUT2D eigenvalue weighted by Gasteiger charge is 2.23. The summed E-state index contributed by atoms with van der Waals surface area (Å²) in [6.07, 6.45) is 11.4. The quantitative estimate of drug-likeness (QED) is 0.213. The number of carbonyl (C=O) groups is 2. The topological polar surface area (TPSA) is 72.8 Å². The number of rotatable bonds is 19. The summed E-state index contributed by atoms with van der Waals surface area (Å²) in [4.78, 5) is 24.1. The Morgan fingerprint density at radius 1 is 0.690 bits per heavy atom. The molecule has 0 spiro atoms. The molecule has 172 valence electrons. The third-order valence-corrected chi connectivity index (χ3v) is 5.40. The second kappa shape index (κ2) is 18.9. The van der Waals surface area contributed by atoms with Crippen molar-refractivity contribution in [3.63, 3.8) is 0 Å². The van der Waals surface area contributed by atoms with Crippen LogP contribution in [0.5, 0.6) is 0 Å². The molecule has 0 rings (SSSR count). The predicted octanol–water partition coefficient (Wildman–Crippen LogP) is 5.82. The zero-order chi connectivity index (χ0) is 21.9. The van der Waals surface area contributed by atoms with Gasteiger partial charge in [-0.1, -0.05) is 79.1 Å². The summed E-state index contributed by atoms with van der Waals surface area (Å²) in [6.45, 7) is 9.27. The van der Waals surface area contributed by atoms with E-state index in [-0.39, 0.29) is 6.42 Å². The van der Waals surface area contributed by atoms with Crippen molar-refractivity contribution in [3.8, 4) is 0 Å². The number of hydrogen-bond acceptors (Lipinski definition) is 5. The van der Waals surface area contributed by atoms with Crippen LogP contribution in [0.15, 0.2) is 0 Å². The van der Waals surface area contributed by atoms with E-state index in [1.807, 2.05) is 0 Å². The highest BCUT2D eigenvalue weighted by Crippen LogP contribution is 2.18. The molecule has 5 heteroatoms. The molecule has 0 heterocycles. The Bertz CT molecular complexity index is 410. The zero-order valence-corrected chi connectivity index (χ0v) is 19.4. The van der Waals surface area contributed by atoms with Gasteiger partial charge in [-0.3, -0.25) is 4.79 Å². The highest BCUT2D eigenvalue weighted by molar-refractivity contribution is 5.81. The number of ether oxygens (including phenoxy) is 2. The van der Waals surface area contributed by atoms with E-state index in [0.717, 1.165) is 57.8 Å². The van der Waals surface area contributed by atoms with E-state index >= 15 is 0 Å². The second-order valence-electron chi connectivity index (χ2n) is 8.33. The monoisotopic (exact) mass is 414 g/mol. The molecule has 29 heavy (non-hydrogen) atoms. The molecule has 0 fully saturated rings. The standard InChI is InChI=1S/C24H46O5/c1-5-9-11-15-20(13-7-3)18-28-23(26)17-22(25)24(27)29-19-21(14-8-4)16-12-10-6-2/h20-22,25H,5-19H2,1-4H3. The third-order valence-electron chi connectivity index (χ3n) is 5.40. The molecule has 0 aromatic carbocycles. The van der Waals surface area contributed by atoms with Gasteiger partial charge in [0, 0.05) is 0 Å². The lowest BCUT2D eigenvalue weighted by atomic mass is 9.97. The Labute approximate surface area is 178 Å². The largest absolute Gasteiger partial charge is 0.465 e. The minimum Gasteiger partial charge on any atom is -0.465 e. The van der Waals surface area contributed by atoms with Gasteiger partial charge in [-0.2, -0.15) is 0 Å². The SMILES string of the molecule is CCCCCC(CCC)COC(=O)CC(O)C(=O)OCC(CCC)CCCCC. The van der Waals surface area contributed by atoms with Crippen molar-refractivity contribution in [2.75, 3.05) is 13.2 Å². The van der Waals surface area contributed by atoms with Gasteiger partial charge in [0.25, 0.3) is 0 Å². The first-order chi connectivity index (χ1) is 14.0. The zero-order valence-electron chi connectivity index (χ0n) is 19.4. The predicted molar refractivity (Wildman–Crippen MR) is 118 cm³/mol. The molecule has 0 radical (unpaired) electrons. The van der Waals surface area contributed by atoms with Crippen LogP contribution in [0, 0.1) is 11.8 Å². The second-order valence-corrected chi connectivity index (χ2v) is 8.33. The van der Waals surface area contributed by atoms with Gasteiger partial charge in [0.2, 0.25) is 0 Å². The fraction of sp³-hybridized carbons (Fsp3) is 0.917. The Balaban J connectivity index is 4.24. The fourth-order valence-corrected chi connectivity index (χ4v) is 3.61. The van der Waals surface area contributed by atoms with E-state index < -0.39 is 18.0 Å². The van der Waals surface area contributed by atoms with Crippen LogP contribution in [0.2, 0.25) is 0 Å². The van der Waals surface area contributed by atoms with Gasteiger partial charge in [0.1, 0.15) is 0 Å². The van der Waals surface area contributed by atoms with Crippen LogP contribution in [-0.2, 0) is 19.1 Å². The maximum Gasteiger partial charge on any atom is 0.335 e. The van der Waals surface area contributed by atoms with Crippen LogP contribution in [0.1, 0.15) is 111 Å². The number of esters is 2. The van der Waals surface area contributed by atoms with Gasteiger partial charge < -0.3 is 14.6 Å². The summed E-state index contributed by atoms with van der Waals surface area (Å²) in [5, 5.41) is 10.0. The lowest BCUT2D eigenvalue weighted by Gasteiger charge is -2.18. The maximum absolute atomic E-state index is 12.1. The van der Waals surface area contributed by atoms with Gasteiger partial charge in [0.15, 0.2) is 6.10 Å². The molecule has 1 N–H and O–H groups in total. The molecular weight excluding hydrogens is 368 g/mol. The van der Waals surface area contributed by atoms with Crippen molar-refractivity contribution in [2.24, 2.45) is 11.8 Å². The fourth-order valence-electron chi connectivity index (χ4n) is 3.61. The van der Waals surface area contributed by atoms with Crippen LogP contribution in [0.25, 0.3) is 0 Å². The van der Waals surface area contributed by atoms with Crippen LogP contribution >= 0.6 is 0 Å². The minimum absolute atomic E-state index is 0.318. The van der Waals surface area contributed by atoms with E-state index in [2.05, 4.69) is 27.7 Å². The van der Waals surface area contributed by atoms with E-state index in [1.54, 1.807) is 0 Å². The van der Waals surface area contributed by atoms with Crippen molar-refractivity contribution in [1.82, 2.24) is 0 Å². The van der Waals surface area contributed by atoms with E-state index in [0.29, 0.717) is 25.0 Å². The molecule has 5 nitrogen and oxygen atoms in total. The van der Waals surface area contributed by atoms with Gasteiger partial charge >= 0.3 is 11.9 Å². The van der Waals surface area contributed by atoms with E-state index in [1.165, 1.54) is 19.3 Å². The Kier molecular flexibility index (Phi) is 18.2. The number of unbranched alkanes of at least 4 members (excludes halogenated alkanes) is 4. The van der Waals surface area contributed by atoms with Crippen molar-refractivity contribution in [1.29, 1.82) is 0 Å². The van der Waals surface area contributed by atoms with E-state index in [4.69, 9.17) is 9.47 Å². The molecule has 3 unspecified atom stereocenters. The van der Waals surface area contributed by atoms with Crippen LogP contribution in [0.4, 0.5) is 0 Å². The Morgan fingerprint density at radius 3 is 1.62 bits per heavy atom. The molecule has 0 aliphatic heterocycles. The van der Waals surface area contributed by atoms with Crippen LogP contribution < -0.4 is 0 Å². The molecule has 0 aliphatic carbocycles. The Hall–Kier alpha value is -1.10. The first-order valence-corrected chi connectivity index (χ1v) is 12.0. The van der Waals surface area contributed by atoms with Gasteiger partial charge in [-0.05, 0) is 37.5 Å². The normalized spacial score (nSPS) is 14.2. The lowest BCUT2D eigenvalue weighted by molar-refractivity contribution is -0.161. The molecule has 0 amide bonds. The molecule has 0 aliphatic rings. The maximum atomic E-state index is 12.1. The average Bonchev–Trinajstić information content (AvgIpc) is 2.70. The lowest BCUT2D eigenvalue weighted by Crippen LogP contribution is -2.29. The smallest absolute Gasteiger partial charge is 0.335 e. The van der Waals surface area contributed by atoms with Gasteiger partial charge in [-0.25, -0.2) is 4.79 Å². The minimum atomic E-state index is -1.44. The summed E-state index contributed by atoms with van der Waals surface area (Å²) in [7, 11) is 0. The molecule has 0 saturated carbocycles. The molecule has 0 bridgehead atoms. The average molecular weight is 415 g/mol. The first kappa shape index (κ1) is 27.9. The van der Waals surface area contributed by atoms with Crippen molar-refractivity contribution >= 4 is 11.9 Å². The molecule has 3 atom stereocenters. The summed E-state index contributed by atoms with van der Waals surface area (Å²) < 4.78 is 10.6. The summed E-state index contributed by atoms with van der Waals surface area (Å²) in [5.41, 5.74) is 0. The van der Waals surface area contributed by atoms with Crippen LogP contribution in [0.3, 0.4) is 0 Å². The Morgan fingerprint density at radius 2 is 1.17 bits per heavy atom. The molecule has 0 saturated heterocycles. The van der Waals surface area contributed by atoms with Crippen molar-refractivity contribution in [2.45, 2.75) is 117 Å². The summed E-state index contributed by atoms with van der Waals surface area (Å²) in [5.74, 6) is -0.559. The summed E-state index contributed by atoms with van der Waals surface area (Å²) >= 11 is 0.